The monoisotopic (exact) mass is 340 g/mol. The average molecular weight is 341 g/mol. The van der Waals surface area contributed by atoms with Gasteiger partial charge in [0.25, 0.3) is 0 Å². The zero-order valence-corrected chi connectivity index (χ0v) is 13.2. The van der Waals surface area contributed by atoms with Crippen molar-refractivity contribution in [3.8, 4) is 0 Å². The number of rotatable bonds is 5. The van der Waals surface area contributed by atoms with Crippen LogP contribution >= 0.6 is 22.9 Å². The van der Waals surface area contributed by atoms with Gasteiger partial charge in [-0.2, -0.15) is 0 Å². The summed E-state index contributed by atoms with van der Waals surface area (Å²) in [7, 11) is 0. The van der Waals surface area contributed by atoms with Crippen LogP contribution in [0.1, 0.15) is 5.56 Å². The molecule has 1 atom stereocenters. The van der Waals surface area contributed by atoms with Gasteiger partial charge in [-0.05, 0) is 12.0 Å². The molecule has 21 heavy (non-hydrogen) atoms. The summed E-state index contributed by atoms with van der Waals surface area (Å²) in [6.45, 7) is 0.309. The van der Waals surface area contributed by atoms with Crippen LogP contribution in [-0.4, -0.2) is 24.7 Å². The number of halogens is 1. The summed E-state index contributed by atoms with van der Waals surface area (Å²) in [5.74, 6) is 0.386. The molecule has 0 aliphatic rings. The second-order valence-corrected chi connectivity index (χ2v) is 6.44. The Hall–Kier alpha value is -1.41. The summed E-state index contributed by atoms with van der Waals surface area (Å²) >= 11 is 5.08. The van der Waals surface area contributed by atoms with Crippen molar-refractivity contribution in [2.45, 2.75) is 6.42 Å². The molecule has 3 aromatic rings. The molecule has 0 aliphatic carbocycles. The molecule has 0 bridgehead atoms. The van der Waals surface area contributed by atoms with Gasteiger partial charge >= 0.3 is 0 Å². The van der Waals surface area contributed by atoms with Crippen LogP contribution in [0.4, 0.5) is 5.82 Å². The molecular weight excluding hydrogens is 330 g/mol. The van der Waals surface area contributed by atoms with Crippen molar-refractivity contribution in [2.24, 2.45) is 0 Å². The lowest BCUT2D eigenvalue weighted by Gasteiger charge is -2.25. The molecule has 110 valence electrons. The smallest absolute Gasteiger partial charge is 0.196 e. The highest BCUT2D eigenvalue weighted by molar-refractivity contribution is 7.80. The molecule has 5 nitrogen and oxygen atoms in total. The van der Waals surface area contributed by atoms with E-state index in [9.17, 15) is 8.76 Å². The minimum Gasteiger partial charge on any atom is -0.755 e. The van der Waals surface area contributed by atoms with E-state index in [1.165, 1.54) is 15.6 Å². The van der Waals surface area contributed by atoms with Gasteiger partial charge in [-0.1, -0.05) is 41.9 Å². The third-order valence-corrected chi connectivity index (χ3v) is 4.78. The molecular formula is C13H11ClN3O2S2-. The zero-order valence-electron chi connectivity index (χ0n) is 10.8. The Balaban J connectivity index is 1.89. The molecule has 0 saturated heterocycles. The van der Waals surface area contributed by atoms with Gasteiger partial charge in [0.2, 0.25) is 0 Å². The quantitative estimate of drug-likeness (QED) is 0.671. The summed E-state index contributed by atoms with van der Waals surface area (Å²) in [5, 5.41) is 2.03. The van der Waals surface area contributed by atoms with Crippen LogP contribution in [0, 0.1) is 0 Å². The second-order valence-electron chi connectivity index (χ2n) is 4.34. The lowest BCUT2D eigenvalue weighted by molar-refractivity contribution is 0.531. The lowest BCUT2D eigenvalue weighted by atomic mass is 10.1. The molecule has 2 aromatic heterocycles. The fourth-order valence-electron chi connectivity index (χ4n) is 2.10. The van der Waals surface area contributed by atoms with Gasteiger partial charge in [0.05, 0.1) is 0 Å². The van der Waals surface area contributed by atoms with E-state index in [0.717, 1.165) is 5.56 Å². The second kappa shape index (κ2) is 6.15. The number of anilines is 1. The third kappa shape index (κ3) is 2.96. The number of hydrogen-bond acceptors (Lipinski definition) is 4. The highest BCUT2D eigenvalue weighted by Gasteiger charge is 2.19. The van der Waals surface area contributed by atoms with Crippen molar-refractivity contribution in [3.63, 3.8) is 0 Å². The van der Waals surface area contributed by atoms with E-state index in [1.807, 2.05) is 35.7 Å². The summed E-state index contributed by atoms with van der Waals surface area (Å²) in [6.07, 6.45) is 2.36. The van der Waals surface area contributed by atoms with Crippen LogP contribution in [0.5, 0.6) is 0 Å². The number of nitrogens with zero attached hydrogens (tertiary/aromatic N) is 3. The van der Waals surface area contributed by atoms with Gasteiger partial charge in [-0.15, -0.1) is 11.3 Å². The van der Waals surface area contributed by atoms with E-state index in [4.69, 9.17) is 11.6 Å². The molecule has 0 saturated carbocycles. The lowest BCUT2D eigenvalue weighted by Crippen LogP contribution is -2.29. The van der Waals surface area contributed by atoms with Gasteiger partial charge in [0.15, 0.2) is 15.9 Å². The first-order valence-electron chi connectivity index (χ1n) is 6.18. The Morgan fingerprint density at radius 1 is 1.38 bits per heavy atom. The minimum atomic E-state index is -2.41. The zero-order chi connectivity index (χ0) is 14.8. The van der Waals surface area contributed by atoms with Crippen molar-refractivity contribution in [3.05, 3.63) is 52.6 Å². The standard InChI is InChI=1S/C13H12ClN3O2S2/c14-11-12(16-8-9-20-13(16)15-11)17(21(18)19)7-6-10-4-2-1-3-5-10/h1-5,8-9H,6-7H2,(H,18,19)/p-1. The fraction of sp³-hybridized carbons (Fsp3) is 0.154. The Morgan fingerprint density at radius 3 is 2.86 bits per heavy atom. The van der Waals surface area contributed by atoms with Gasteiger partial charge in [0, 0.05) is 29.4 Å². The van der Waals surface area contributed by atoms with Gasteiger partial charge in [0.1, 0.15) is 0 Å². The Kier molecular flexibility index (Phi) is 4.25. The maximum atomic E-state index is 11.6. The molecule has 8 heteroatoms. The molecule has 3 rings (SSSR count). The van der Waals surface area contributed by atoms with Crippen LogP contribution in [0.3, 0.4) is 0 Å². The Morgan fingerprint density at radius 2 is 2.14 bits per heavy atom. The molecule has 0 N–H and O–H groups in total. The maximum Gasteiger partial charge on any atom is 0.196 e. The molecule has 0 fully saturated rings. The highest BCUT2D eigenvalue weighted by atomic mass is 35.5. The van der Waals surface area contributed by atoms with E-state index in [1.54, 1.807) is 10.6 Å². The predicted octanol–water partition coefficient (Wildman–Crippen LogP) is 2.89. The molecule has 0 aliphatic heterocycles. The number of thiazole rings is 1. The average Bonchev–Trinajstić information content (AvgIpc) is 3.02. The van der Waals surface area contributed by atoms with E-state index >= 15 is 0 Å². The van der Waals surface area contributed by atoms with E-state index in [-0.39, 0.29) is 5.15 Å². The highest BCUT2D eigenvalue weighted by Crippen LogP contribution is 2.30. The third-order valence-electron chi connectivity index (χ3n) is 3.06. The first-order chi connectivity index (χ1) is 10.2. The van der Waals surface area contributed by atoms with Gasteiger partial charge < -0.3 is 4.55 Å². The number of aromatic nitrogens is 2. The SMILES string of the molecule is O=S([O-])N(CCc1ccccc1)c1c(Cl)nc2sccn12. The first kappa shape index (κ1) is 14.5. The Labute approximate surface area is 133 Å². The van der Waals surface area contributed by atoms with Gasteiger partial charge in [-0.25, -0.2) is 4.98 Å². The normalized spacial score (nSPS) is 12.7. The first-order valence-corrected chi connectivity index (χ1v) is 8.47. The van der Waals surface area contributed by atoms with Crippen LogP contribution in [0.2, 0.25) is 5.15 Å². The summed E-state index contributed by atoms with van der Waals surface area (Å²) in [5.41, 5.74) is 1.06. The topological polar surface area (TPSA) is 60.7 Å². The van der Waals surface area contributed by atoms with E-state index in [2.05, 4.69) is 4.98 Å². The number of benzene rings is 1. The number of imidazole rings is 1. The molecule has 0 radical (unpaired) electrons. The van der Waals surface area contributed by atoms with Crippen molar-refractivity contribution in [1.29, 1.82) is 0 Å². The molecule has 2 heterocycles. The van der Waals surface area contributed by atoms with E-state index < -0.39 is 11.3 Å². The predicted molar refractivity (Wildman–Crippen MR) is 84.5 cm³/mol. The van der Waals surface area contributed by atoms with E-state index in [0.29, 0.717) is 23.7 Å². The van der Waals surface area contributed by atoms with Crippen molar-refractivity contribution in [1.82, 2.24) is 9.38 Å². The van der Waals surface area contributed by atoms with Crippen molar-refractivity contribution >= 4 is 45.0 Å². The van der Waals surface area contributed by atoms with Crippen molar-refractivity contribution in [2.75, 3.05) is 10.8 Å². The van der Waals surface area contributed by atoms with Crippen LogP contribution in [0.25, 0.3) is 4.96 Å². The minimum absolute atomic E-state index is 0.194. The molecule has 1 aromatic carbocycles. The number of hydrogen-bond donors (Lipinski definition) is 0. The largest absolute Gasteiger partial charge is 0.755 e. The molecule has 0 spiro atoms. The fourth-order valence-corrected chi connectivity index (χ4v) is 3.74. The van der Waals surface area contributed by atoms with Crippen LogP contribution in [-0.2, 0) is 17.7 Å². The molecule has 0 amide bonds. The Bertz CT molecular complexity index is 772. The maximum absolute atomic E-state index is 11.6. The van der Waals surface area contributed by atoms with Crippen LogP contribution in [0.15, 0.2) is 41.9 Å². The summed E-state index contributed by atoms with van der Waals surface area (Å²) in [6, 6.07) is 9.71. The summed E-state index contributed by atoms with van der Waals surface area (Å²) < 4.78 is 26.1. The molecule has 1 unspecified atom stereocenters. The summed E-state index contributed by atoms with van der Waals surface area (Å²) in [4.78, 5) is 4.83. The van der Waals surface area contributed by atoms with Crippen LogP contribution < -0.4 is 4.31 Å². The van der Waals surface area contributed by atoms with Crippen molar-refractivity contribution < 1.29 is 8.76 Å². The number of fused-ring (bicyclic) bond motifs is 1. The van der Waals surface area contributed by atoms with Gasteiger partial charge in [-0.3, -0.25) is 12.9 Å².